The Morgan fingerprint density at radius 3 is 2.74 bits per heavy atom. The number of nitrogens with two attached hydrogens (primary N) is 1. The molecule has 0 radical (unpaired) electrons. The summed E-state index contributed by atoms with van der Waals surface area (Å²) in [6.07, 6.45) is 0. The van der Waals surface area contributed by atoms with Crippen molar-refractivity contribution in [3.8, 4) is 0 Å². The molecule has 0 saturated heterocycles. The molecule has 2 heterocycles. The fourth-order valence-electron chi connectivity index (χ4n) is 3.08. The molecule has 0 aliphatic rings. The van der Waals surface area contributed by atoms with E-state index in [4.69, 9.17) is 15.5 Å². The number of methoxy groups -OCH3 is 1. The number of para-hydroxylation sites is 2. The maximum absolute atomic E-state index is 12.3. The molecule has 114 valence electrons. The maximum atomic E-state index is 12.3. The molecule has 0 spiro atoms. The summed E-state index contributed by atoms with van der Waals surface area (Å²) in [5, 5.41) is 1.64. The van der Waals surface area contributed by atoms with Crippen molar-refractivity contribution in [3.05, 3.63) is 53.6 Å². The van der Waals surface area contributed by atoms with Crippen LogP contribution < -0.4 is 5.73 Å². The van der Waals surface area contributed by atoms with Crippen LogP contribution in [0, 0.1) is 6.92 Å². The molecule has 0 saturated carbocycles. The van der Waals surface area contributed by atoms with Crippen LogP contribution >= 0.6 is 0 Å². The zero-order valence-corrected chi connectivity index (χ0v) is 12.8. The van der Waals surface area contributed by atoms with Crippen LogP contribution in [-0.4, -0.2) is 22.5 Å². The number of anilines is 1. The van der Waals surface area contributed by atoms with Crippen LogP contribution in [0.2, 0.25) is 0 Å². The van der Waals surface area contributed by atoms with Gasteiger partial charge < -0.3 is 10.5 Å². The molecule has 4 aromatic rings. The Bertz CT molecular complexity index is 1100. The number of nitrogen functional groups attached to an aromatic ring is 1. The monoisotopic (exact) mass is 305 g/mol. The highest BCUT2D eigenvalue weighted by atomic mass is 16.5. The van der Waals surface area contributed by atoms with E-state index in [1.165, 1.54) is 7.11 Å². The van der Waals surface area contributed by atoms with Gasteiger partial charge in [-0.15, -0.1) is 0 Å². The van der Waals surface area contributed by atoms with E-state index in [1.807, 2.05) is 53.8 Å². The van der Waals surface area contributed by atoms with Crippen molar-refractivity contribution in [1.82, 2.24) is 9.38 Å². The average Bonchev–Trinajstić information content (AvgIpc) is 2.95. The Morgan fingerprint density at radius 1 is 1.17 bits per heavy atom. The van der Waals surface area contributed by atoms with Gasteiger partial charge in [0.05, 0.1) is 18.1 Å². The second kappa shape index (κ2) is 4.71. The van der Waals surface area contributed by atoms with Crippen molar-refractivity contribution in [2.75, 3.05) is 12.8 Å². The predicted molar refractivity (Wildman–Crippen MR) is 90.7 cm³/mol. The molecule has 2 aromatic heterocycles. The molecule has 23 heavy (non-hydrogen) atoms. The zero-order chi connectivity index (χ0) is 16.1. The predicted octanol–water partition coefficient (Wildman–Crippen LogP) is 3.32. The number of aryl methyl sites for hydroxylation is 1. The first kappa shape index (κ1) is 13.6. The minimum Gasteiger partial charge on any atom is -0.465 e. The van der Waals surface area contributed by atoms with Crippen LogP contribution in [0.5, 0.6) is 0 Å². The van der Waals surface area contributed by atoms with Crippen LogP contribution in [0.15, 0.2) is 42.5 Å². The lowest BCUT2D eigenvalue weighted by Crippen LogP contribution is -2.11. The smallest absolute Gasteiger partial charge is 0.342 e. The Kier molecular flexibility index (Phi) is 2.78. The molecule has 0 aliphatic carbocycles. The number of rotatable bonds is 1. The highest BCUT2D eigenvalue weighted by molar-refractivity contribution is 6.13. The third-order valence-corrected chi connectivity index (χ3v) is 4.13. The largest absolute Gasteiger partial charge is 0.465 e. The van der Waals surface area contributed by atoms with Crippen LogP contribution in [0.4, 0.5) is 5.82 Å². The lowest BCUT2D eigenvalue weighted by Gasteiger charge is -2.12. The zero-order valence-electron chi connectivity index (χ0n) is 12.8. The summed E-state index contributed by atoms with van der Waals surface area (Å²) >= 11 is 0. The number of carbonyl (C=O) groups is 1. The minimum atomic E-state index is -0.448. The number of hydrogen-bond donors (Lipinski definition) is 1. The summed E-state index contributed by atoms with van der Waals surface area (Å²) < 4.78 is 6.76. The Balaban J connectivity index is 2.33. The van der Waals surface area contributed by atoms with Crippen molar-refractivity contribution >= 4 is 39.2 Å². The lowest BCUT2D eigenvalue weighted by atomic mass is 10.0. The molecular formula is C18H15N3O2. The third kappa shape index (κ3) is 1.80. The fourth-order valence-corrected chi connectivity index (χ4v) is 3.08. The van der Waals surface area contributed by atoms with Gasteiger partial charge in [0.25, 0.3) is 0 Å². The number of carbonyl (C=O) groups excluding carboxylic acids is 1. The summed E-state index contributed by atoms with van der Waals surface area (Å²) in [5.74, 6) is -0.104. The van der Waals surface area contributed by atoms with E-state index in [1.54, 1.807) is 0 Å². The van der Waals surface area contributed by atoms with E-state index in [0.29, 0.717) is 11.4 Å². The van der Waals surface area contributed by atoms with Crippen molar-refractivity contribution < 1.29 is 9.53 Å². The summed E-state index contributed by atoms with van der Waals surface area (Å²) in [4.78, 5) is 17.0. The van der Waals surface area contributed by atoms with Gasteiger partial charge in [-0.05, 0) is 25.1 Å². The highest BCUT2D eigenvalue weighted by Crippen LogP contribution is 2.32. The van der Waals surface area contributed by atoms with E-state index in [2.05, 4.69) is 0 Å². The maximum Gasteiger partial charge on any atom is 0.342 e. The van der Waals surface area contributed by atoms with E-state index in [0.717, 1.165) is 33.0 Å². The van der Waals surface area contributed by atoms with Gasteiger partial charge in [0, 0.05) is 10.8 Å². The van der Waals surface area contributed by atoms with Crippen LogP contribution in [0.1, 0.15) is 15.9 Å². The highest BCUT2D eigenvalue weighted by Gasteiger charge is 2.21. The Morgan fingerprint density at radius 2 is 1.96 bits per heavy atom. The SMILES string of the molecule is COC(=O)c1c(N)n2c3ccccc3nc2c2cc(C)ccc12. The number of fused-ring (bicyclic) bond motifs is 5. The summed E-state index contributed by atoms with van der Waals surface area (Å²) in [6, 6.07) is 13.6. The number of nitrogens with zero attached hydrogens (tertiary/aromatic N) is 2. The molecule has 5 heteroatoms. The van der Waals surface area contributed by atoms with Crippen molar-refractivity contribution in [2.45, 2.75) is 6.92 Å². The average molecular weight is 305 g/mol. The molecule has 0 bridgehead atoms. The fraction of sp³-hybridized carbons (Fsp3) is 0.111. The van der Waals surface area contributed by atoms with E-state index >= 15 is 0 Å². The Labute approximate surface area is 132 Å². The van der Waals surface area contributed by atoms with Gasteiger partial charge in [-0.25, -0.2) is 9.78 Å². The van der Waals surface area contributed by atoms with Crippen molar-refractivity contribution in [1.29, 1.82) is 0 Å². The molecule has 0 unspecified atom stereocenters. The first-order chi connectivity index (χ1) is 11.1. The number of hydrogen-bond acceptors (Lipinski definition) is 4. The lowest BCUT2D eigenvalue weighted by molar-refractivity contribution is 0.0604. The molecule has 4 rings (SSSR count). The normalized spacial score (nSPS) is 11.4. The molecular weight excluding hydrogens is 290 g/mol. The number of benzene rings is 2. The van der Waals surface area contributed by atoms with Gasteiger partial charge in [0.2, 0.25) is 0 Å². The van der Waals surface area contributed by atoms with Crippen LogP contribution in [-0.2, 0) is 4.74 Å². The standard InChI is InChI=1S/C18H15N3O2/c1-10-7-8-11-12(9-10)17-20-13-5-3-4-6-14(13)21(17)16(19)15(11)18(22)23-2/h3-9H,19H2,1-2H3. The van der Waals surface area contributed by atoms with Gasteiger partial charge in [0.15, 0.2) is 0 Å². The minimum absolute atomic E-state index is 0.344. The number of aromatic nitrogens is 2. The first-order valence-electron chi connectivity index (χ1n) is 7.29. The number of pyridine rings is 1. The quantitative estimate of drug-likeness (QED) is 0.548. The number of imidazole rings is 1. The topological polar surface area (TPSA) is 69.6 Å². The van der Waals surface area contributed by atoms with E-state index in [-0.39, 0.29) is 0 Å². The van der Waals surface area contributed by atoms with E-state index in [9.17, 15) is 4.79 Å². The second-order valence-electron chi connectivity index (χ2n) is 5.56. The van der Waals surface area contributed by atoms with Gasteiger partial charge >= 0.3 is 5.97 Å². The summed E-state index contributed by atoms with van der Waals surface area (Å²) in [6.45, 7) is 2.01. The number of ether oxygens (including phenoxy) is 1. The second-order valence-corrected chi connectivity index (χ2v) is 5.56. The molecule has 0 atom stereocenters. The van der Waals surface area contributed by atoms with Gasteiger partial charge in [-0.3, -0.25) is 4.40 Å². The molecule has 0 fully saturated rings. The van der Waals surface area contributed by atoms with Gasteiger partial charge in [-0.1, -0.05) is 29.8 Å². The van der Waals surface area contributed by atoms with Crippen LogP contribution in [0.3, 0.4) is 0 Å². The van der Waals surface area contributed by atoms with Gasteiger partial charge in [-0.2, -0.15) is 0 Å². The van der Waals surface area contributed by atoms with E-state index < -0.39 is 5.97 Å². The van der Waals surface area contributed by atoms with Gasteiger partial charge in [0.1, 0.15) is 17.0 Å². The number of esters is 1. The molecule has 0 aliphatic heterocycles. The first-order valence-corrected chi connectivity index (χ1v) is 7.29. The summed E-state index contributed by atoms with van der Waals surface area (Å²) in [5.41, 5.74) is 10.2. The van der Waals surface area contributed by atoms with Crippen LogP contribution in [0.25, 0.3) is 27.5 Å². The molecule has 5 nitrogen and oxygen atoms in total. The molecule has 2 aromatic carbocycles. The molecule has 0 amide bonds. The summed E-state index contributed by atoms with van der Waals surface area (Å²) in [7, 11) is 1.36. The van der Waals surface area contributed by atoms with Crippen molar-refractivity contribution in [2.24, 2.45) is 0 Å². The third-order valence-electron chi connectivity index (χ3n) is 4.13. The molecule has 2 N–H and O–H groups in total. The van der Waals surface area contributed by atoms with Crippen molar-refractivity contribution in [3.63, 3.8) is 0 Å². The Hall–Kier alpha value is -3.08.